The summed E-state index contributed by atoms with van der Waals surface area (Å²) in [4.78, 5) is 0. The van der Waals surface area contributed by atoms with Crippen LogP contribution >= 0.6 is 0 Å². The number of methoxy groups -OCH3 is 1. The maximum atomic E-state index is 8.80. The fraction of sp³-hybridized carbons (Fsp3) is 0.273. The van der Waals surface area contributed by atoms with E-state index in [9.17, 15) is 0 Å². The molecule has 0 aliphatic carbocycles. The molecule has 1 aromatic carbocycles. The molecule has 0 atom stereocenters. The first-order valence-corrected chi connectivity index (χ1v) is 4.17. The highest BCUT2D eigenvalue weighted by atomic mass is 16.5. The van der Waals surface area contributed by atoms with E-state index in [4.69, 9.17) is 15.3 Å². The van der Waals surface area contributed by atoms with Gasteiger partial charge in [-0.25, -0.2) is 0 Å². The minimum Gasteiger partial charge on any atom is -0.496 e. The zero-order chi connectivity index (χ0) is 10.6. The van der Waals surface area contributed by atoms with Crippen LogP contribution in [0.2, 0.25) is 0 Å². The van der Waals surface area contributed by atoms with Crippen molar-refractivity contribution in [2.24, 2.45) is 0 Å². The topological polar surface area (TPSA) is 56.8 Å². The standard InChI is InChI=1S/C11H10N2O/c1-8-5-11(14-2)9(3-4-12)6-10(8)7-13/h5-6H,3H2,1-2H3. The van der Waals surface area contributed by atoms with Crippen LogP contribution in [0.15, 0.2) is 12.1 Å². The van der Waals surface area contributed by atoms with Crippen molar-refractivity contribution in [2.75, 3.05) is 7.11 Å². The first-order valence-electron chi connectivity index (χ1n) is 4.17. The Morgan fingerprint density at radius 2 is 2.07 bits per heavy atom. The lowest BCUT2D eigenvalue weighted by molar-refractivity contribution is 0.410. The van der Waals surface area contributed by atoms with E-state index in [-0.39, 0.29) is 6.42 Å². The lowest BCUT2D eigenvalue weighted by atomic mass is 10.0. The molecule has 70 valence electrons. The van der Waals surface area contributed by atoms with E-state index < -0.39 is 0 Å². The largest absolute Gasteiger partial charge is 0.496 e. The quantitative estimate of drug-likeness (QED) is 0.709. The molecule has 0 spiro atoms. The summed E-state index contributed by atoms with van der Waals surface area (Å²) in [7, 11) is 1.56. The number of aryl methyl sites for hydroxylation is 1. The van der Waals surface area contributed by atoms with E-state index in [1.807, 2.05) is 13.0 Å². The molecule has 1 aromatic rings. The highest BCUT2D eigenvalue weighted by Gasteiger charge is 2.06. The minimum atomic E-state index is 0.262. The second-order valence-corrected chi connectivity index (χ2v) is 2.93. The summed E-state index contributed by atoms with van der Waals surface area (Å²) in [5, 5.41) is 17.4. The Hall–Kier alpha value is -2.00. The van der Waals surface area contributed by atoms with E-state index in [0.717, 1.165) is 11.1 Å². The molecule has 0 fully saturated rings. The van der Waals surface area contributed by atoms with Crippen LogP contribution in [0.25, 0.3) is 0 Å². The molecule has 0 N–H and O–H groups in total. The summed E-state index contributed by atoms with van der Waals surface area (Å²) in [6.07, 6.45) is 0.262. The summed E-state index contributed by atoms with van der Waals surface area (Å²) in [5.41, 5.74) is 2.22. The van der Waals surface area contributed by atoms with Crippen LogP contribution in [0.1, 0.15) is 16.7 Å². The van der Waals surface area contributed by atoms with E-state index in [1.54, 1.807) is 19.2 Å². The van der Waals surface area contributed by atoms with Gasteiger partial charge in [0.1, 0.15) is 5.75 Å². The van der Waals surface area contributed by atoms with E-state index in [0.29, 0.717) is 11.3 Å². The van der Waals surface area contributed by atoms with E-state index in [2.05, 4.69) is 6.07 Å². The molecule has 3 nitrogen and oxygen atoms in total. The van der Waals surface area contributed by atoms with Crippen LogP contribution in [-0.2, 0) is 6.42 Å². The fourth-order valence-electron chi connectivity index (χ4n) is 1.26. The van der Waals surface area contributed by atoms with Crippen LogP contribution in [0.5, 0.6) is 5.75 Å². The number of nitriles is 2. The van der Waals surface area contributed by atoms with Crippen molar-refractivity contribution < 1.29 is 4.74 Å². The lowest BCUT2D eigenvalue weighted by Crippen LogP contribution is -1.94. The van der Waals surface area contributed by atoms with Crippen molar-refractivity contribution in [3.8, 4) is 17.9 Å². The first-order chi connectivity index (χ1) is 6.72. The maximum Gasteiger partial charge on any atom is 0.123 e. The average Bonchev–Trinajstić information content (AvgIpc) is 2.20. The zero-order valence-corrected chi connectivity index (χ0v) is 8.16. The molecule has 0 aliphatic rings. The zero-order valence-electron chi connectivity index (χ0n) is 8.16. The van der Waals surface area contributed by atoms with Crippen LogP contribution < -0.4 is 4.74 Å². The van der Waals surface area contributed by atoms with Gasteiger partial charge in [0, 0.05) is 5.56 Å². The van der Waals surface area contributed by atoms with Crippen molar-refractivity contribution in [3.05, 3.63) is 28.8 Å². The van der Waals surface area contributed by atoms with Crippen molar-refractivity contribution in [1.29, 1.82) is 10.5 Å². The molecular formula is C11H10N2O. The monoisotopic (exact) mass is 186 g/mol. The molecule has 0 radical (unpaired) electrons. The molecule has 0 saturated heterocycles. The van der Waals surface area contributed by atoms with Gasteiger partial charge in [-0.15, -0.1) is 0 Å². The van der Waals surface area contributed by atoms with Crippen LogP contribution in [-0.4, -0.2) is 7.11 Å². The van der Waals surface area contributed by atoms with Gasteiger partial charge in [-0.3, -0.25) is 0 Å². The van der Waals surface area contributed by atoms with Gasteiger partial charge >= 0.3 is 0 Å². The van der Waals surface area contributed by atoms with Gasteiger partial charge < -0.3 is 4.74 Å². The number of rotatable bonds is 2. The molecule has 14 heavy (non-hydrogen) atoms. The molecule has 0 saturated carbocycles. The van der Waals surface area contributed by atoms with Crippen molar-refractivity contribution in [3.63, 3.8) is 0 Å². The Morgan fingerprint density at radius 3 is 2.57 bits per heavy atom. The molecule has 0 bridgehead atoms. The Labute approximate surface area is 83.2 Å². The molecule has 0 amide bonds. The fourth-order valence-corrected chi connectivity index (χ4v) is 1.26. The third kappa shape index (κ3) is 1.84. The molecule has 3 heteroatoms. The Morgan fingerprint density at radius 1 is 1.36 bits per heavy atom. The van der Waals surface area contributed by atoms with Gasteiger partial charge in [-0.05, 0) is 24.6 Å². The molecule has 0 heterocycles. The predicted octanol–water partition coefficient (Wildman–Crippen LogP) is 1.94. The minimum absolute atomic E-state index is 0.262. The second-order valence-electron chi connectivity index (χ2n) is 2.93. The summed E-state index contributed by atoms with van der Waals surface area (Å²) in [5.74, 6) is 0.669. The maximum absolute atomic E-state index is 8.80. The normalized spacial score (nSPS) is 8.86. The smallest absolute Gasteiger partial charge is 0.123 e. The predicted molar refractivity (Wildman–Crippen MR) is 51.8 cm³/mol. The number of hydrogen-bond acceptors (Lipinski definition) is 3. The number of nitrogens with zero attached hydrogens (tertiary/aromatic N) is 2. The Bertz CT molecular complexity index is 424. The van der Waals surface area contributed by atoms with Gasteiger partial charge in [0.15, 0.2) is 0 Å². The number of hydrogen-bond donors (Lipinski definition) is 0. The number of benzene rings is 1. The highest BCUT2D eigenvalue weighted by Crippen LogP contribution is 2.23. The summed E-state index contributed by atoms with van der Waals surface area (Å²) >= 11 is 0. The molecule has 0 aliphatic heterocycles. The van der Waals surface area contributed by atoms with Crippen molar-refractivity contribution in [1.82, 2.24) is 0 Å². The van der Waals surface area contributed by atoms with Gasteiger partial charge in [0.05, 0.1) is 31.2 Å². The molecule has 1 rings (SSSR count). The Balaban J connectivity index is 3.28. The lowest BCUT2D eigenvalue weighted by Gasteiger charge is -2.07. The van der Waals surface area contributed by atoms with Crippen molar-refractivity contribution >= 4 is 0 Å². The Kier molecular flexibility index (Phi) is 3.09. The van der Waals surface area contributed by atoms with Gasteiger partial charge in [-0.2, -0.15) is 10.5 Å². The van der Waals surface area contributed by atoms with E-state index in [1.165, 1.54) is 0 Å². The van der Waals surface area contributed by atoms with Crippen LogP contribution in [0.3, 0.4) is 0 Å². The molecule has 0 unspecified atom stereocenters. The molecule has 0 aromatic heterocycles. The first kappa shape index (κ1) is 10.1. The third-order valence-corrected chi connectivity index (χ3v) is 2.02. The van der Waals surface area contributed by atoms with Crippen molar-refractivity contribution in [2.45, 2.75) is 13.3 Å². The highest BCUT2D eigenvalue weighted by molar-refractivity contribution is 5.48. The van der Waals surface area contributed by atoms with Gasteiger partial charge in [0.25, 0.3) is 0 Å². The summed E-state index contributed by atoms with van der Waals surface area (Å²) < 4.78 is 5.12. The van der Waals surface area contributed by atoms with Gasteiger partial charge in [0.2, 0.25) is 0 Å². The van der Waals surface area contributed by atoms with Gasteiger partial charge in [-0.1, -0.05) is 0 Å². The summed E-state index contributed by atoms with van der Waals surface area (Å²) in [6.45, 7) is 1.84. The average molecular weight is 186 g/mol. The van der Waals surface area contributed by atoms with Crippen LogP contribution in [0.4, 0.5) is 0 Å². The second kappa shape index (κ2) is 4.30. The third-order valence-electron chi connectivity index (χ3n) is 2.02. The summed E-state index contributed by atoms with van der Waals surface area (Å²) in [6, 6.07) is 7.61. The SMILES string of the molecule is COc1cc(C)c(C#N)cc1CC#N. The molecular weight excluding hydrogens is 176 g/mol. The van der Waals surface area contributed by atoms with Crippen LogP contribution in [0, 0.1) is 29.6 Å². The van der Waals surface area contributed by atoms with E-state index >= 15 is 0 Å². The number of ether oxygens (including phenoxy) is 1.